The number of anilines is 1. The highest BCUT2D eigenvalue weighted by Gasteiger charge is 2.35. The molecule has 1 unspecified atom stereocenters. The first-order valence-electron chi connectivity index (χ1n) is 8.80. The summed E-state index contributed by atoms with van der Waals surface area (Å²) in [5.41, 5.74) is 2.37. The van der Waals surface area contributed by atoms with Crippen LogP contribution in [0, 0.1) is 5.82 Å². The first-order valence-corrected chi connectivity index (χ1v) is 10.1. The molecular formula is C20H18FN3O3S. The summed E-state index contributed by atoms with van der Waals surface area (Å²) in [6.45, 7) is 2.30. The molecular weight excluding hydrogens is 381 g/mol. The van der Waals surface area contributed by atoms with Crippen molar-refractivity contribution in [2.75, 3.05) is 10.5 Å². The van der Waals surface area contributed by atoms with Gasteiger partial charge < -0.3 is 14.7 Å². The number of carbonyl (C=O) groups excluding carboxylic acids is 1. The van der Waals surface area contributed by atoms with Crippen molar-refractivity contribution >= 4 is 33.5 Å². The minimum atomic E-state index is -1.33. The summed E-state index contributed by atoms with van der Waals surface area (Å²) in [6.07, 6.45) is 1.53. The summed E-state index contributed by atoms with van der Waals surface area (Å²) >= 11 is 0. The molecule has 3 aromatic rings. The third kappa shape index (κ3) is 3.09. The molecule has 0 spiro atoms. The molecule has 6 nitrogen and oxygen atoms in total. The van der Waals surface area contributed by atoms with Crippen LogP contribution in [0.5, 0.6) is 5.75 Å². The number of pyridine rings is 1. The number of hydrogen-bond acceptors (Lipinski definition) is 4. The summed E-state index contributed by atoms with van der Waals surface area (Å²) in [5.74, 6) is -0.465. The number of nitrogens with one attached hydrogen (secondary N) is 1. The number of phenols is 1. The lowest BCUT2D eigenvalue weighted by molar-refractivity contribution is 0.0765. The highest BCUT2D eigenvalue weighted by atomic mass is 32.2. The second kappa shape index (κ2) is 7.20. The maximum absolute atomic E-state index is 13.2. The largest absolute Gasteiger partial charge is 0.505 e. The van der Waals surface area contributed by atoms with Crippen LogP contribution in [-0.2, 0) is 24.1 Å². The van der Waals surface area contributed by atoms with E-state index in [0.717, 1.165) is 5.56 Å². The van der Waals surface area contributed by atoms with Gasteiger partial charge in [0.25, 0.3) is 5.91 Å². The SMILES string of the molecule is CCS(=O)Nc1c2c(c(O)c3ncccc13)C(=O)N(Cc1ccc(F)cc1)C2. The number of carbonyl (C=O) groups is 1. The lowest BCUT2D eigenvalue weighted by atomic mass is 10.0. The van der Waals surface area contributed by atoms with Crippen molar-refractivity contribution in [2.45, 2.75) is 20.0 Å². The van der Waals surface area contributed by atoms with Gasteiger partial charge in [0, 0.05) is 36.0 Å². The van der Waals surface area contributed by atoms with Gasteiger partial charge in [-0.3, -0.25) is 9.78 Å². The number of rotatable bonds is 5. The van der Waals surface area contributed by atoms with Crippen molar-refractivity contribution < 1.29 is 18.5 Å². The van der Waals surface area contributed by atoms with Crippen LogP contribution in [0.4, 0.5) is 10.1 Å². The number of halogens is 1. The number of aromatic hydroxyl groups is 1. The molecule has 1 aromatic heterocycles. The Labute approximate surface area is 163 Å². The van der Waals surface area contributed by atoms with Gasteiger partial charge in [0.15, 0.2) is 5.75 Å². The summed E-state index contributed by atoms with van der Waals surface area (Å²) in [4.78, 5) is 18.8. The first-order chi connectivity index (χ1) is 13.5. The summed E-state index contributed by atoms with van der Waals surface area (Å²) in [7, 11) is -1.33. The second-order valence-electron chi connectivity index (χ2n) is 6.50. The van der Waals surface area contributed by atoms with E-state index < -0.39 is 11.0 Å². The normalized spacial score (nSPS) is 14.4. The Morgan fingerprint density at radius 3 is 2.75 bits per heavy atom. The molecule has 0 radical (unpaired) electrons. The Morgan fingerprint density at radius 2 is 2.04 bits per heavy atom. The smallest absolute Gasteiger partial charge is 0.258 e. The molecule has 0 bridgehead atoms. The Kier molecular flexibility index (Phi) is 4.72. The molecule has 2 heterocycles. The highest BCUT2D eigenvalue weighted by molar-refractivity contribution is 7.86. The van der Waals surface area contributed by atoms with Crippen LogP contribution in [0.1, 0.15) is 28.4 Å². The van der Waals surface area contributed by atoms with Crippen molar-refractivity contribution in [3.05, 3.63) is 65.1 Å². The minimum absolute atomic E-state index is 0.170. The minimum Gasteiger partial charge on any atom is -0.505 e. The van der Waals surface area contributed by atoms with Gasteiger partial charge in [0.05, 0.1) is 11.3 Å². The molecule has 1 amide bonds. The summed E-state index contributed by atoms with van der Waals surface area (Å²) in [6, 6.07) is 9.42. The topological polar surface area (TPSA) is 82.5 Å². The molecule has 8 heteroatoms. The van der Waals surface area contributed by atoms with E-state index >= 15 is 0 Å². The van der Waals surface area contributed by atoms with Gasteiger partial charge in [-0.15, -0.1) is 0 Å². The van der Waals surface area contributed by atoms with E-state index in [9.17, 15) is 18.5 Å². The molecule has 1 aliphatic rings. The first kappa shape index (κ1) is 18.4. The third-order valence-corrected chi connectivity index (χ3v) is 5.71. The Hall–Kier alpha value is -3.00. The standard InChI is InChI=1S/C20H18FN3O3S/c1-2-28(27)23-17-14-4-3-9-22-18(14)19(25)16-15(17)11-24(20(16)26)10-12-5-7-13(21)8-6-12/h3-9,23,25H,2,10-11H2,1H3. The number of fused-ring (bicyclic) bond motifs is 2. The van der Waals surface area contributed by atoms with E-state index in [-0.39, 0.29) is 41.6 Å². The van der Waals surface area contributed by atoms with E-state index in [4.69, 9.17) is 0 Å². The zero-order valence-corrected chi connectivity index (χ0v) is 15.9. The quantitative estimate of drug-likeness (QED) is 0.645. The lowest BCUT2D eigenvalue weighted by Crippen LogP contribution is -2.23. The number of hydrogen-bond donors (Lipinski definition) is 2. The van der Waals surface area contributed by atoms with E-state index in [1.54, 1.807) is 36.1 Å². The van der Waals surface area contributed by atoms with Gasteiger partial charge in [-0.2, -0.15) is 0 Å². The zero-order valence-electron chi connectivity index (χ0n) is 15.1. The van der Waals surface area contributed by atoms with Crippen molar-refractivity contribution in [1.29, 1.82) is 0 Å². The maximum atomic E-state index is 13.2. The van der Waals surface area contributed by atoms with E-state index in [1.165, 1.54) is 18.3 Å². The van der Waals surface area contributed by atoms with E-state index in [0.29, 0.717) is 22.4 Å². The maximum Gasteiger partial charge on any atom is 0.258 e. The molecule has 2 N–H and O–H groups in total. The van der Waals surface area contributed by atoms with Gasteiger partial charge in [0.2, 0.25) is 0 Å². The van der Waals surface area contributed by atoms with Gasteiger partial charge in [-0.25, -0.2) is 8.60 Å². The van der Waals surface area contributed by atoms with Crippen LogP contribution in [-0.4, -0.2) is 30.9 Å². The van der Waals surface area contributed by atoms with Crippen molar-refractivity contribution in [2.24, 2.45) is 0 Å². The second-order valence-corrected chi connectivity index (χ2v) is 7.97. The molecule has 144 valence electrons. The molecule has 0 fully saturated rings. The molecule has 0 aliphatic carbocycles. The van der Waals surface area contributed by atoms with Crippen molar-refractivity contribution in [3.8, 4) is 5.75 Å². The Morgan fingerprint density at radius 1 is 1.29 bits per heavy atom. The van der Waals surface area contributed by atoms with Crippen molar-refractivity contribution in [3.63, 3.8) is 0 Å². The van der Waals surface area contributed by atoms with Gasteiger partial charge >= 0.3 is 0 Å². The highest BCUT2D eigenvalue weighted by Crippen LogP contribution is 2.42. The fraction of sp³-hybridized carbons (Fsp3) is 0.200. The fourth-order valence-electron chi connectivity index (χ4n) is 3.39. The average Bonchev–Trinajstić information content (AvgIpc) is 3.03. The van der Waals surface area contributed by atoms with E-state index in [2.05, 4.69) is 9.71 Å². The monoisotopic (exact) mass is 399 g/mol. The molecule has 4 rings (SSSR count). The predicted molar refractivity (Wildman–Crippen MR) is 106 cm³/mol. The van der Waals surface area contributed by atoms with Gasteiger partial charge in [-0.05, 0) is 29.8 Å². The molecule has 0 saturated carbocycles. The lowest BCUT2D eigenvalue weighted by Gasteiger charge is -2.16. The summed E-state index contributed by atoms with van der Waals surface area (Å²) < 4.78 is 28.3. The number of amides is 1. The molecule has 2 aromatic carbocycles. The Balaban J connectivity index is 1.80. The summed E-state index contributed by atoms with van der Waals surface area (Å²) in [5, 5.41) is 11.3. The number of nitrogens with zero attached hydrogens (tertiary/aromatic N) is 2. The molecule has 1 atom stereocenters. The predicted octanol–water partition coefficient (Wildman–Crippen LogP) is 3.33. The van der Waals surface area contributed by atoms with Crippen LogP contribution in [0.15, 0.2) is 42.6 Å². The van der Waals surface area contributed by atoms with Gasteiger partial charge in [-0.1, -0.05) is 19.1 Å². The molecule has 1 aliphatic heterocycles. The fourth-order valence-corrected chi connectivity index (χ4v) is 4.00. The average molecular weight is 399 g/mol. The van der Waals surface area contributed by atoms with E-state index in [1.807, 2.05) is 0 Å². The molecule has 28 heavy (non-hydrogen) atoms. The van der Waals surface area contributed by atoms with Crippen LogP contribution in [0.2, 0.25) is 0 Å². The molecule has 0 saturated heterocycles. The number of phenolic OH excluding ortho intramolecular Hbond substituents is 1. The van der Waals surface area contributed by atoms with Crippen molar-refractivity contribution in [1.82, 2.24) is 9.88 Å². The van der Waals surface area contributed by atoms with Crippen LogP contribution >= 0.6 is 0 Å². The Bertz CT molecular complexity index is 1100. The number of aromatic nitrogens is 1. The zero-order chi connectivity index (χ0) is 19.8. The van der Waals surface area contributed by atoms with Crippen LogP contribution < -0.4 is 4.72 Å². The van der Waals surface area contributed by atoms with Gasteiger partial charge in [0.1, 0.15) is 22.3 Å². The van der Waals surface area contributed by atoms with Crippen LogP contribution in [0.3, 0.4) is 0 Å². The third-order valence-electron chi connectivity index (χ3n) is 4.76. The number of benzene rings is 2. The van der Waals surface area contributed by atoms with Crippen LogP contribution in [0.25, 0.3) is 10.9 Å².